The van der Waals surface area contributed by atoms with Crippen molar-refractivity contribution in [1.82, 2.24) is 0 Å². The Balaban J connectivity index is 2.48. The molecule has 4 heteroatoms. The lowest BCUT2D eigenvalue weighted by atomic mass is 10.2. The summed E-state index contributed by atoms with van der Waals surface area (Å²) < 4.78 is 27.2. The molecular formula is C8H9F2NO. The third kappa shape index (κ3) is 2.84. The van der Waals surface area contributed by atoms with E-state index in [1.54, 1.807) is 24.3 Å². The zero-order valence-electron chi connectivity index (χ0n) is 6.34. The maximum atomic E-state index is 11.6. The standard InChI is InChI=1S/C8H9F2NO/c9-8(10)12-5-6-1-3-7(11)4-2-6/h1-4,8H,5,11H2. The summed E-state index contributed by atoms with van der Waals surface area (Å²) in [4.78, 5) is 0. The van der Waals surface area contributed by atoms with Crippen molar-refractivity contribution in [3.63, 3.8) is 0 Å². The largest absolute Gasteiger partial charge is 0.399 e. The van der Waals surface area contributed by atoms with E-state index in [4.69, 9.17) is 5.73 Å². The van der Waals surface area contributed by atoms with Gasteiger partial charge in [-0.25, -0.2) is 0 Å². The summed E-state index contributed by atoms with van der Waals surface area (Å²) in [6.07, 6.45) is 0. The minimum atomic E-state index is -2.72. The van der Waals surface area contributed by atoms with Gasteiger partial charge in [0.25, 0.3) is 0 Å². The molecule has 0 aliphatic heterocycles. The molecule has 0 fully saturated rings. The van der Waals surface area contributed by atoms with Crippen molar-refractivity contribution >= 4 is 5.69 Å². The van der Waals surface area contributed by atoms with Crippen molar-refractivity contribution < 1.29 is 13.5 Å². The Hall–Kier alpha value is -1.16. The predicted molar refractivity (Wildman–Crippen MR) is 41.6 cm³/mol. The summed E-state index contributed by atoms with van der Waals surface area (Å²) in [5.74, 6) is 0. The first-order valence-electron chi connectivity index (χ1n) is 3.42. The molecule has 0 radical (unpaired) electrons. The summed E-state index contributed by atoms with van der Waals surface area (Å²) in [5.41, 5.74) is 6.69. The third-order valence-corrected chi connectivity index (χ3v) is 1.36. The molecular weight excluding hydrogens is 164 g/mol. The van der Waals surface area contributed by atoms with E-state index in [0.717, 1.165) is 0 Å². The van der Waals surface area contributed by atoms with Gasteiger partial charge >= 0.3 is 6.61 Å². The number of hydrogen-bond donors (Lipinski definition) is 1. The summed E-state index contributed by atoms with van der Waals surface area (Å²) in [6.45, 7) is -2.81. The molecule has 0 aliphatic rings. The molecule has 0 aromatic heterocycles. The molecule has 12 heavy (non-hydrogen) atoms. The van der Waals surface area contributed by atoms with Crippen LogP contribution in [0.4, 0.5) is 14.5 Å². The number of alkyl halides is 2. The van der Waals surface area contributed by atoms with E-state index in [2.05, 4.69) is 4.74 Å². The number of ether oxygens (including phenoxy) is 1. The quantitative estimate of drug-likeness (QED) is 0.709. The van der Waals surface area contributed by atoms with Crippen molar-refractivity contribution in [2.75, 3.05) is 5.73 Å². The van der Waals surface area contributed by atoms with Gasteiger partial charge in [-0.15, -0.1) is 0 Å². The Bertz CT molecular complexity index is 235. The van der Waals surface area contributed by atoms with Crippen LogP contribution in [0.25, 0.3) is 0 Å². The monoisotopic (exact) mass is 173 g/mol. The Labute approximate surface area is 68.9 Å². The average Bonchev–Trinajstić information content (AvgIpc) is 2.03. The summed E-state index contributed by atoms with van der Waals surface area (Å²) in [7, 11) is 0. The number of rotatable bonds is 3. The molecule has 0 spiro atoms. The average molecular weight is 173 g/mol. The number of nitrogens with two attached hydrogens (primary N) is 1. The molecule has 0 saturated carbocycles. The Morgan fingerprint density at radius 2 is 1.83 bits per heavy atom. The fraction of sp³-hybridized carbons (Fsp3) is 0.250. The Morgan fingerprint density at radius 3 is 2.33 bits per heavy atom. The molecule has 0 unspecified atom stereocenters. The van der Waals surface area contributed by atoms with Gasteiger partial charge in [-0.3, -0.25) is 0 Å². The lowest BCUT2D eigenvalue weighted by molar-refractivity contribution is -0.137. The van der Waals surface area contributed by atoms with E-state index in [1.807, 2.05) is 0 Å². The van der Waals surface area contributed by atoms with Crippen LogP contribution in [-0.2, 0) is 11.3 Å². The second-order valence-corrected chi connectivity index (χ2v) is 2.31. The van der Waals surface area contributed by atoms with E-state index in [9.17, 15) is 8.78 Å². The normalized spacial score (nSPS) is 10.6. The first-order chi connectivity index (χ1) is 5.68. The number of nitrogen functional groups attached to an aromatic ring is 1. The van der Waals surface area contributed by atoms with Gasteiger partial charge in [0.05, 0.1) is 6.61 Å². The molecule has 1 aromatic rings. The maximum absolute atomic E-state index is 11.6. The van der Waals surface area contributed by atoms with Crippen LogP contribution >= 0.6 is 0 Å². The van der Waals surface area contributed by atoms with E-state index in [-0.39, 0.29) is 6.61 Å². The highest BCUT2D eigenvalue weighted by molar-refractivity contribution is 5.38. The molecule has 0 bridgehead atoms. The maximum Gasteiger partial charge on any atom is 0.345 e. The molecule has 2 nitrogen and oxygen atoms in total. The van der Waals surface area contributed by atoms with Crippen LogP contribution in [0.1, 0.15) is 5.56 Å². The minimum absolute atomic E-state index is 0.0854. The minimum Gasteiger partial charge on any atom is -0.399 e. The van der Waals surface area contributed by atoms with Crippen molar-refractivity contribution in [3.05, 3.63) is 29.8 Å². The summed E-state index contributed by atoms with van der Waals surface area (Å²) in [6, 6.07) is 6.59. The smallest absolute Gasteiger partial charge is 0.345 e. The van der Waals surface area contributed by atoms with Gasteiger partial charge < -0.3 is 10.5 Å². The molecule has 1 aromatic carbocycles. The second kappa shape index (κ2) is 4.01. The van der Waals surface area contributed by atoms with Crippen LogP contribution < -0.4 is 5.73 Å². The first-order valence-corrected chi connectivity index (χ1v) is 3.42. The van der Waals surface area contributed by atoms with Crippen LogP contribution in [0, 0.1) is 0 Å². The van der Waals surface area contributed by atoms with Gasteiger partial charge in [0.2, 0.25) is 0 Å². The highest BCUT2D eigenvalue weighted by Crippen LogP contribution is 2.08. The molecule has 66 valence electrons. The SMILES string of the molecule is Nc1ccc(COC(F)F)cc1. The van der Waals surface area contributed by atoms with Crippen molar-refractivity contribution in [2.24, 2.45) is 0 Å². The summed E-state index contributed by atoms with van der Waals surface area (Å²) >= 11 is 0. The van der Waals surface area contributed by atoms with Gasteiger partial charge in [-0.05, 0) is 17.7 Å². The highest BCUT2D eigenvalue weighted by Gasteiger charge is 2.01. The second-order valence-electron chi connectivity index (χ2n) is 2.31. The number of benzene rings is 1. The third-order valence-electron chi connectivity index (χ3n) is 1.36. The fourth-order valence-electron chi connectivity index (χ4n) is 0.773. The molecule has 0 amide bonds. The van der Waals surface area contributed by atoms with Crippen LogP contribution in [0.3, 0.4) is 0 Å². The molecule has 2 N–H and O–H groups in total. The van der Waals surface area contributed by atoms with Crippen molar-refractivity contribution in [3.8, 4) is 0 Å². The highest BCUT2D eigenvalue weighted by atomic mass is 19.3. The Kier molecular flexibility index (Phi) is 2.99. The lowest BCUT2D eigenvalue weighted by Gasteiger charge is -2.02. The topological polar surface area (TPSA) is 35.2 Å². The van der Waals surface area contributed by atoms with Gasteiger partial charge in [0.1, 0.15) is 0 Å². The van der Waals surface area contributed by atoms with E-state index < -0.39 is 6.61 Å². The van der Waals surface area contributed by atoms with Gasteiger partial charge in [0.15, 0.2) is 0 Å². The number of anilines is 1. The number of hydrogen-bond acceptors (Lipinski definition) is 2. The zero-order chi connectivity index (χ0) is 8.97. The lowest BCUT2D eigenvalue weighted by Crippen LogP contribution is -1.99. The van der Waals surface area contributed by atoms with Gasteiger partial charge in [-0.1, -0.05) is 12.1 Å². The molecule has 0 saturated heterocycles. The number of halogens is 2. The van der Waals surface area contributed by atoms with E-state index in [0.29, 0.717) is 11.3 Å². The van der Waals surface area contributed by atoms with Crippen molar-refractivity contribution in [2.45, 2.75) is 13.2 Å². The summed E-state index contributed by atoms with van der Waals surface area (Å²) in [5, 5.41) is 0. The van der Waals surface area contributed by atoms with E-state index in [1.165, 1.54) is 0 Å². The van der Waals surface area contributed by atoms with Crippen LogP contribution in [0.5, 0.6) is 0 Å². The van der Waals surface area contributed by atoms with E-state index >= 15 is 0 Å². The zero-order valence-corrected chi connectivity index (χ0v) is 6.34. The van der Waals surface area contributed by atoms with Crippen LogP contribution in [-0.4, -0.2) is 6.61 Å². The van der Waals surface area contributed by atoms with Gasteiger partial charge in [0, 0.05) is 5.69 Å². The Morgan fingerprint density at radius 1 is 1.25 bits per heavy atom. The van der Waals surface area contributed by atoms with Crippen LogP contribution in [0.15, 0.2) is 24.3 Å². The first kappa shape index (κ1) is 8.93. The molecule has 0 heterocycles. The molecule has 0 aliphatic carbocycles. The van der Waals surface area contributed by atoms with Crippen molar-refractivity contribution in [1.29, 1.82) is 0 Å². The predicted octanol–water partition coefficient (Wildman–Crippen LogP) is 2.01. The van der Waals surface area contributed by atoms with Gasteiger partial charge in [-0.2, -0.15) is 8.78 Å². The molecule has 1 rings (SSSR count). The fourth-order valence-corrected chi connectivity index (χ4v) is 0.773. The van der Waals surface area contributed by atoms with Crippen LogP contribution in [0.2, 0.25) is 0 Å². The molecule has 0 atom stereocenters.